The maximum atomic E-state index is 13.4. The second-order valence-corrected chi connectivity index (χ2v) is 25.6. The highest BCUT2D eigenvalue weighted by Crippen LogP contribution is 2.45. The van der Waals surface area contributed by atoms with Gasteiger partial charge in [-0.3, -0.25) is 9.59 Å². The van der Waals surface area contributed by atoms with Crippen molar-refractivity contribution in [2.24, 2.45) is 10.3 Å². The summed E-state index contributed by atoms with van der Waals surface area (Å²) in [5, 5.41) is 24.1. The van der Waals surface area contributed by atoms with Gasteiger partial charge in [0.05, 0.1) is 9.79 Å². The largest absolute Gasteiger partial charge is 0.342 e. The number of nitrogens with one attached hydrogen (secondary N) is 4. The maximum Gasteiger partial charge on any atom is 0.314 e. The van der Waals surface area contributed by atoms with Crippen LogP contribution in [0.1, 0.15) is 131 Å². The summed E-state index contributed by atoms with van der Waals surface area (Å²) in [6.07, 6.45) is 3.67. The van der Waals surface area contributed by atoms with Gasteiger partial charge in [0.2, 0.25) is 31.9 Å². The van der Waals surface area contributed by atoms with Crippen molar-refractivity contribution in [3.63, 3.8) is 0 Å². The van der Waals surface area contributed by atoms with Crippen molar-refractivity contribution in [1.82, 2.24) is 40.9 Å². The number of sulfonamides is 2. The third-order valence-electron chi connectivity index (χ3n) is 15.9. The van der Waals surface area contributed by atoms with Crippen LogP contribution in [0.2, 0.25) is 10.0 Å². The van der Waals surface area contributed by atoms with Crippen LogP contribution in [0.4, 0.5) is 9.59 Å². The van der Waals surface area contributed by atoms with Gasteiger partial charge >= 0.3 is 12.1 Å². The Balaban J connectivity index is 0.710. The molecule has 0 saturated carbocycles. The first kappa shape index (κ1) is 58.8. The number of aryl methyl sites for hydroxylation is 2. The van der Waals surface area contributed by atoms with Crippen LogP contribution in [0.15, 0.2) is 70.5 Å². The second-order valence-electron chi connectivity index (χ2n) is 21.6. The van der Waals surface area contributed by atoms with Gasteiger partial charge in [-0.15, -0.1) is 0 Å². The second kappa shape index (κ2) is 25.4. The normalized spacial score (nSPS) is 19.8. The summed E-state index contributed by atoms with van der Waals surface area (Å²) in [5.74, 6) is -0.903. The molecule has 4 aromatic rings. The average Bonchev–Trinajstić information content (AvgIpc) is 4.24. The fourth-order valence-electron chi connectivity index (χ4n) is 12.2. The molecule has 18 nitrogen and oxygen atoms in total. The van der Waals surface area contributed by atoms with Crippen LogP contribution in [0.5, 0.6) is 0 Å². The van der Waals surface area contributed by atoms with Gasteiger partial charge in [0.1, 0.15) is 0 Å². The Labute approximate surface area is 469 Å². The van der Waals surface area contributed by atoms with Crippen molar-refractivity contribution in [3.8, 4) is 0 Å². The molecule has 0 radical (unpaired) electrons. The molecule has 4 aliphatic heterocycles. The summed E-state index contributed by atoms with van der Waals surface area (Å²) >= 11 is 13.1. The first-order chi connectivity index (χ1) is 37.1. The van der Waals surface area contributed by atoms with Crippen molar-refractivity contribution in [3.05, 3.63) is 126 Å². The van der Waals surface area contributed by atoms with Gasteiger partial charge in [0.25, 0.3) is 0 Å². The Morgan fingerprint density at radius 1 is 0.551 bits per heavy atom. The molecular weight excluding hydrogens is 1080 g/mol. The van der Waals surface area contributed by atoms with E-state index in [2.05, 4.69) is 31.1 Å². The first-order valence-corrected chi connectivity index (χ1v) is 30.8. The van der Waals surface area contributed by atoms with Crippen molar-refractivity contribution in [2.45, 2.75) is 112 Å². The summed E-state index contributed by atoms with van der Waals surface area (Å²) in [5.41, 5.74) is 9.72. The Kier molecular flexibility index (Phi) is 19.2. The van der Waals surface area contributed by atoms with E-state index >= 15 is 0 Å². The number of carbonyl (C=O) groups is 4. The smallest absolute Gasteiger partial charge is 0.314 e. The van der Waals surface area contributed by atoms with Crippen LogP contribution in [-0.2, 0) is 42.7 Å². The number of rotatable bonds is 19. The Morgan fingerprint density at radius 2 is 0.923 bits per heavy atom. The molecule has 8 rings (SSSR count). The first-order valence-electron chi connectivity index (χ1n) is 26.9. The van der Waals surface area contributed by atoms with E-state index in [9.17, 15) is 36.0 Å². The third-order valence-corrected chi connectivity index (χ3v) is 18.3. The number of halogens is 2. The van der Waals surface area contributed by atoms with E-state index in [-0.39, 0.29) is 83.3 Å². The number of fused-ring (bicyclic) bond motifs is 2. The predicted octanol–water partition coefficient (Wildman–Crippen LogP) is 6.33. The number of urea groups is 2. The van der Waals surface area contributed by atoms with Gasteiger partial charge in [0, 0.05) is 125 Å². The number of amides is 6. The quantitative estimate of drug-likeness (QED) is 0.0570. The lowest BCUT2D eigenvalue weighted by atomic mass is 9.79. The van der Waals surface area contributed by atoms with Gasteiger partial charge in [-0.2, -0.15) is 0 Å². The average molecular weight is 1150 g/mol. The van der Waals surface area contributed by atoms with Crippen molar-refractivity contribution < 1.29 is 36.0 Å². The number of hydrogen-bond donors (Lipinski definition) is 6. The lowest BCUT2D eigenvalue weighted by Gasteiger charge is -2.35. The topological polar surface area (TPSA) is 250 Å². The molecule has 0 aromatic heterocycles. The van der Waals surface area contributed by atoms with Crippen molar-refractivity contribution >= 4 is 67.1 Å². The number of nitrogens with two attached hydrogens (primary N) is 2. The standard InChI is InChI=1S/C56H74Cl2N10O8S2/c1-35-25-39(57)27-43-45(35)31-65(3)33-47(43)41-11-7-13-49(77(59,73)74)53(41)37-17-23-67(29-37)51(69)15-9-21-63-55(71)61-19-5-6-20-62-56(72)64-22-10-16-52(70)68-24-18-38(30-68)54-42(12-8-14-50(54)78(60,75)76)48-34-66(4)32-46-36(2)26-40(58)28-44(46)48/h7-8,11-14,25-28,37-38,47-48H,5-6,9-10,15-24,29-34H2,1-4H3,(H2,59,73,74)(H2,60,75,76)(H2,61,63,71)(H2,62,64,72)/t37-,38-,47?,48?/m1/s1. The van der Waals surface area contributed by atoms with Crippen molar-refractivity contribution in [2.75, 3.05) is 79.5 Å². The molecule has 0 aliphatic carbocycles. The Hall–Kier alpha value is -5.32. The summed E-state index contributed by atoms with van der Waals surface area (Å²) in [7, 11) is -4.07. The number of nitrogens with zero attached hydrogens (tertiary/aromatic N) is 4. The third kappa shape index (κ3) is 14.2. The van der Waals surface area contributed by atoms with Crippen LogP contribution in [-0.4, -0.2) is 140 Å². The number of unbranched alkanes of at least 4 members (excludes halogenated alkanes) is 1. The van der Waals surface area contributed by atoms with Gasteiger partial charge in [-0.05, 0) is 159 Å². The number of carbonyl (C=O) groups excluding carboxylic acids is 4. The summed E-state index contributed by atoms with van der Waals surface area (Å²) in [4.78, 5) is 60.0. The van der Waals surface area contributed by atoms with E-state index in [1.165, 1.54) is 11.1 Å². The summed E-state index contributed by atoms with van der Waals surface area (Å²) < 4.78 is 52.1. The molecule has 4 heterocycles. The Bertz CT molecular complexity index is 2940. The summed E-state index contributed by atoms with van der Waals surface area (Å²) in [6, 6.07) is 17.7. The van der Waals surface area contributed by atoms with Crippen LogP contribution < -0.4 is 31.5 Å². The SMILES string of the molecule is Cc1cc(Cl)cc2c1CN(C)CC2c1cccc(S(N)(=O)=O)c1[C@@H]1CCN(C(=O)CCCNC(=O)NCCCCNC(=O)NCCCC(=O)N2CC[C@@H](c3c(C4CN(C)Cc5c(C)cc(Cl)cc54)cccc3S(N)(=O)=O)C2)C1. The highest BCUT2D eigenvalue weighted by molar-refractivity contribution is 7.89. The van der Waals surface area contributed by atoms with Crippen molar-refractivity contribution in [1.29, 1.82) is 0 Å². The van der Waals surface area contributed by atoms with E-state index < -0.39 is 20.0 Å². The highest BCUT2D eigenvalue weighted by Gasteiger charge is 2.38. The molecule has 4 atom stereocenters. The van der Waals surface area contributed by atoms with E-state index in [1.807, 2.05) is 64.3 Å². The lowest BCUT2D eigenvalue weighted by Crippen LogP contribution is -2.38. The lowest BCUT2D eigenvalue weighted by molar-refractivity contribution is -0.131. The molecule has 6 amide bonds. The molecule has 78 heavy (non-hydrogen) atoms. The molecule has 8 N–H and O–H groups in total. The molecular formula is C56H74Cl2N10O8S2. The number of benzene rings is 4. The molecule has 0 bridgehead atoms. The number of likely N-dealkylation sites (N-methyl/N-ethyl adjacent to an activating group) is 2. The minimum absolute atomic E-state index is 0.0700. The summed E-state index contributed by atoms with van der Waals surface area (Å²) in [6.45, 7) is 9.91. The minimum Gasteiger partial charge on any atom is -0.342 e. The van der Waals surface area contributed by atoms with Crippen LogP contribution in [0.25, 0.3) is 0 Å². The van der Waals surface area contributed by atoms with E-state index in [0.717, 1.165) is 46.5 Å². The zero-order valence-electron chi connectivity index (χ0n) is 45.0. The van der Waals surface area contributed by atoms with E-state index in [1.54, 1.807) is 34.1 Å². The monoisotopic (exact) mass is 1150 g/mol. The van der Waals surface area contributed by atoms with Crippen LogP contribution in [0, 0.1) is 13.8 Å². The number of hydrogen-bond acceptors (Lipinski definition) is 10. The molecule has 422 valence electrons. The van der Waals surface area contributed by atoms with Gasteiger partial charge < -0.3 is 40.9 Å². The fourth-order valence-corrected chi connectivity index (χ4v) is 14.5. The highest BCUT2D eigenvalue weighted by atomic mass is 35.5. The number of primary sulfonamides is 2. The maximum absolute atomic E-state index is 13.4. The zero-order valence-corrected chi connectivity index (χ0v) is 48.2. The Morgan fingerprint density at radius 3 is 1.29 bits per heavy atom. The van der Waals surface area contributed by atoms with E-state index in [0.29, 0.717) is 112 Å². The van der Waals surface area contributed by atoms with E-state index in [4.69, 9.17) is 33.5 Å². The predicted molar refractivity (Wildman–Crippen MR) is 303 cm³/mol. The minimum atomic E-state index is -4.08. The van der Waals surface area contributed by atoms with Crippen LogP contribution in [0.3, 0.4) is 0 Å². The fraction of sp³-hybridized carbons (Fsp3) is 0.500. The van der Waals surface area contributed by atoms with Gasteiger partial charge in [-0.25, -0.2) is 36.7 Å². The van der Waals surface area contributed by atoms with Gasteiger partial charge in [0.15, 0.2) is 0 Å². The number of likely N-dealkylation sites (tertiary alicyclic amines) is 2. The molecule has 4 aliphatic rings. The molecule has 2 saturated heterocycles. The van der Waals surface area contributed by atoms with Crippen LogP contribution >= 0.6 is 23.2 Å². The molecule has 0 spiro atoms. The molecule has 2 unspecified atom stereocenters. The molecule has 4 aromatic carbocycles. The van der Waals surface area contributed by atoms with Gasteiger partial charge in [-0.1, -0.05) is 47.5 Å². The molecule has 2 fully saturated rings. The zero-order chi connectivity index (χ0) is 56.1. The molecule has 22 heteroatoms.